The summed E-state index contributed by atoms with van der Waals surface area (Å²) < 4.78 is 12.2. The van der Waals surface area contributed by atoms with Crippen LogP contribution in [0.2, 0.25) is 5.02 Å². The van der Waals surface area contributed by atoms with Gasteiger partial charge in [0.25, 0.3) is 0 Å². The fourth-order valence-corrected chi connectivity index (χ4v) is 5.34. The van der Waals surface area contributed by atoms with Crippen molar-refractivity contribution < 1.29 is 9.47 Å². The SMILES string of the molecule is COc1cc2c(cc1OC)C(c1sc3ccccc3c1Cl)N(C)CC2. The number of halogens is 1. The quantitative estimate of drug-likeness (QED) is 0.633. The largest absolute Gasteiger partial charge is 0.493 e. The molecule has 0 bridgehead atoms. The van der Waals surface area contributed by atoms with Gasteiger partial charge in [-0.15, -0.1) is 11.3 Å². The summed E-state index contributed by atoms with van der Waals surface area (Å²) in [5.74, 6) is 1.55. The first-order valence-electron chi connectivity index (χ1n) is 8.26. The van der Waals surface area contributed by atoms with Gasteiger partial charge < -0.3 is 9.47 Å². The lowest BCUT2D eigenvalue weighted by Crippen LogP contribution is -2.32. The predicted octanol–water partition coefficient (Wildman–Crippen LogP) is 5.15. The second kappa shape index (κ2) is 6.52. The van der Waals surface area contributed by atoms with Crippen LogP contribution in [0, 0.1) is 0 Å². The van der Waals surface area contributed by atoms with E-state index in [-0.39, 0.29) is 6.04 Å². The zero-order valence-corrected chi connectivity index (χ0v) is 16.1. The third-order valence-corrected chi connectivity index (χ3v) is 6.67. The van der Waals surface area contributed by atoms with E-state index in [1.54, 1.807) is 25.6 Å². The smallest absolute Gasteiger partial charge is 0.161 e. The van der Waals surface area contributed by atoms with Gasteiger partial charge in [0.15, 0.2) is 11.5 Å². The molecule has 3 aromatic rings. The molecule has 0 spiro atoms. The highest BCUT2D eigenvalue weighted by molar-refractivity contribution is 7.19. The summed E-state index contributed by atoms with van der Waals surface area (Å²) in [7, 11) is 5.52. The number of methoxy groups -OCH3 is 2. The number of nitrogens with zero attached hydrogens (tertiary/aromatic N) is 1. The second-order valence-electron chi connectivity index (χ2n) is 6.32. The molecule has 1 atom stereocenters. The van der Waals surface area contributed by atoms with Crippen molar-refractivity contribution in [1.82, 2.24) is 4.90 Å². The van der Waals surface area contributed by atoms with Gasteiger partial charge >= 0.3 is 0 Å². The maximum atomic E-state index is 6.78. The number of hydrogen-bond donors (Lipinski definition) is 0. The minimum absolute atomic E-state index is 0.133. The van der Waals surface area contributed by atoms with Crippen molar-refractivity contribution in [2.24, 2.45) is 0 Å². The van der Waals surface area contributed by atoms with E-state index in [4.69, 9.17) is 21.1 Å². The van der Waals surface area contributed by atoms with Crippen molar-refractivity contribution in [2.75, 3.05) is 27.8 Å². The first-order chi connectivity index (χ1) is 12.1. The number of thiophene rings is 1. The molecule has 1 aliphatic rings. The molecule has 130 valence electrons. The van der Waals surface area contributed by atoms with Crippen molar-refractivity contribution in [2.45, 2.75) is 12.5 Å². The molecular weight excluding hydrogens is 354 g/mol. The van der Waals surface area contributed by atoms with Crippen LogP contribution >= 0.6 is 22.9 Å². The van der Waals surface area contributed by atoms with Crippen molar-refractivity contribution in [3.63, 3.8) is 0 Å². The number of benzene rings is 2. The average molecular weight is 374 g/mol. The first kappa shape index (κ1) is 16.7. The molecule has 2 aromatic carbocycles. The Balaban J connectivity index is 1.91. The summed E-state index contributed by atoms with van der Waals surface area (Å²) >= 11 is 8.56. The lowest BCUT2D eigenvalue weighted by molar-refractivity contribution is 0.265. The number of ether oxygens (including phenoxy) is 2. The molecule has 3 nitrogen and oxygen atoms in total. The van der Waals surface area contributed by atoms with Gasteiger partial charge in [-0.05, 0) is 42.8 Å². The van der Waals surface area contributed by atoms with Crippen LogP contribution in [0.25, 0.3) is 10.1 Å². The summed E-state index contributed by atoms with van der Waals surface area (Å²) in [4.78, 5) is 3.56. The van der Waals surface area contributed by atoms with Crippen LogP contribution in [0.5, 0.6) is 11.5 Å². The Morgan fingerprint density at radius 2 is 1.84 bits per heavy atom. The Morgan fingerprint density at radius 3 is 2.56 bits per heavy atom. The maximum Gasteiger partial charge on any atom is 0.161 e. The van der Waals surface area contributed by atoms with Gasteiger partial charge in [0.1, 0.15) is 0 Å². The third kappa shape index (κ3) is 2.69. The van der Waals surface area contributed by atoms with Gasteiger partial charge in [0.2, 0.25) is 0 Å². The molecule has 0 saturated carbocycles. The molecule has 1 unspecified atom stereocenters. The highest BCUT2D eigenvalue weighted by Gasteiger charge is 2.31. The summed E-state index contributed by atoms with van der Waals surface area (Å²) in [5.41, 5.74) is 2.55. The fourth-order valence-electron chi connectivity index (χ4n) is 3.62. The number of rotatable bonds is 3. The molecule has 2 heterocycles. The van der Waals surface area contributed by atoms with E-state index in [9.17, 15) is 0 Å². The van der Waals surface area contributed by atoms with Gasteiger partial charge in [-0.1, -0.05) is 29.8 Å². The van der Waals surface area contributed by atoms with E-state index in [1.807, 2.05) is 6.07 Å². The molecule has 5 heteroatoms. The minimum Gasteiger partial charge on any atom is -0.493 e. The van der Waals surface area contributed by atoms with Crippen LogP contribution in [-0.2, 0) is 6.42 Å². The monoisotopic (exact) mass is 373 g/mol. The van der Waals surface area contributed by atoms with Gasteiger partial charge in [0, 0.05) is 21.5 Å². The normalized spacial score (nSPS) is 17.5. The molecule has 4 rings (SSSR count). The van der Waals surface area contributed by atoms with Gasteiger partial charge in [-0.25, -0.2) is 0 Å². The maximum absolute atomic E-state index is 6.78. The molecule has 25 heavy (non-hydrogen) atoms. The van der Waals surface area contributed by atoms with Crippen LogP contribution in [0.15, 0.2) is 36.4 Å². The Morgan fingerprint density at radius 1 is 1.12 bits per heavy atom. The highest BCUT2D eigenvalue weighted by Crippen LogP contribution is 2.47. The molecular formula is C20H20ClNO2S. The van der Waals surface area contributed by atoms with Crippen molar-refractivity contribution in [3.05, 3.63) is 57.4 Å². The predicted molar refractivity (Wildman–Crippen MR) is 105 cm³/mol. The molecule has 0 fully saturated rings. The van der Waals surface area contributed by atoms with Crippen molar-refractivity contribution in [1.29, 1.82) is 0 Å². The summed E-state index contributed by atoms with van der Waals surface area (Å²) in [5, 5.41) is 1.99. The summed E-state index contributed by atoms with van der Waals surface area (Å²) in [6, 6.07) is 12.7. The van der Waals surface area contributed by atoms with E-state index in [1.165, 1.54) is 20.7 Å². The second-order valence-corrected chi connectivity index (χ2v) is 7.78. The Kier molecular flexibility index (Phi) is 4.36. The van der Waals surface area contributed by atoms with E-state index in [0.717, 1.165) is 34.9 Å². The topological polar surface area (TPSA) is 21.7 Å². The Labute approximate surface area is 156 Å². The van der Waals surface area contributed by atoms with Gasteiger partial charge in [-0.3, -0.25) is 4.90 Å². The lowest BCUT2D eigenvalue weighted by atomic mass is 9.91. The zero-order valence-electron chi connectivity index (χ0n) is 14.5. The van der Waals surface area contributed by atoms with Gasteiger partial charge in [0.05, 0.1) is 25.3 Å². The van der Waals surface area contributed by atoms with Crippen LogP contribution in [-0.4, -0.2) is 32.7 Å². The van der Waals surface area contributed by atoms with Crippen molar-refractivity contribution >= 4 is 33.0 Å². The van der Waals surface area contributed by atoms with Crippen LogP contribution in [0.3, 0.4) is 0 Å². The third-order valence-electron chi connectivity index (χ3n) is 4.92. The van der Waals surface area contributed by atoms with E-state index >= 15 is 0 Å². The van der Waals surface area contributed by atoms with E-state index in [0.29, 0.717) is 0 Å². The summed E-state index contributed by atoms with van der Waals surface area (Å²) in [6.45, 7) is 0.984. The molecule has 0 amide bonds. The zero-order chi connectivity index (χ0) is 17.6. The minimum atomic E-state index is 0.133. The van der Waals surface area contributed by atoms with Crippen LogP contribution in [0.1, 0.15) is 22.0 Å². The molecule has 1 aromatic heterocycles. The summed E-state index contributed by atoms with van der Waals surface area (Å²) in [6.07, 6.45) is 0.991. The number of fused-ring (bicyclic) bond motifs is 2. The fraction of sp³-hybridized carbons (Fsp3) is 0.300. The molecule has 0 aliphatic carbocycles. The van der Waals surface area contributed by atoms with Gasteiger partial charge in [-0.2, -0.15) is 0 Å². The van der Waals surface area contributed by atoms with Crippen LogP contribution < -0.4 is 9.47 Å². The Bertz CT molecular complexity index is 937. The number of likely N-dealkylation sites (N-methyl/N-ethyl adjacent to an activating group) is 1. The van der Waals surface area contributed by atoms with Crippen molar-refractivity contribution in [3.8, 4) is 11.5 Å². The molecule has 0 saturated heterocycles. The average Bonchev–Trinajstić information content (AvgIpc) is 2.97. The first-order valence-corrected chi connectivity index (χ1v) is 9.45. The number of hydrogen-bond acceptors (Lipinski definition) is 4. The molecule has 0 N–H and O–H groups in total. The van der Waals surface area contributed by atoms with E-state index < -0.39 is 0 Å². The van der Waals surface area contributed by atoms with Crippen LogP contribution in [0.4, 0.5) is 0 Å². The lowest BCUT2D eigenvalue weighted by Gasteiger charge is -2.34. The molecule has 0 radical (unpaired) electrons. The standard InChI is InChI=1S/C20H20ClNO2S/c1-22-9-8-12-10-15(23-2)16(24-3)11-14(12)19(22)20-18(21)13-6-4-5-7-17(13)25-20/h4-7,10-11,19H,8-9H2,1-3H3. The Hall–Kier alpha value is -1.75. The molecule has 1 aliphatic heterocycles. The highest BCUT2D eigenvalue weighted by atomic mass is 35.5. The van der Waals surface area contributed by atoms with E-state index in [2.05, 4.69) is 42.3 Å².